The molecule has 2 rings (SSSR count). The highest BCUT2D eigenvalue weighted by Gasteiger charge is 2.32. The number of nitrogens with zero attached hydrogens (tertiary/aromatic N) is 1. The highest BCUT2D eigenvalue weighted by atomic mass is 19.4. The summed E-state index contributed by atoms with van der Waals surface area (Å²) in [7, 11) is 0. The lowest BCUT2D eigenvalue weighted by molar-refractivity contribution is -0.138. The lowest BCUT2D eigenvalue weighted by Gasteiger charge is -2.12. The number of alkyl halides is 3. The summed E-state index contributed by atoms with van der Waals surface area (Å²) in [4.78, 5) is 11.9. The third-order valence-electron chi connectivity index (χ3n) is 2.79. The van der Waals surface area contributed by atoms with Crippen molar-refractivity contribution in [2.24, 2.45) is 0 Å². The van der Waals surface area contributed by atoms with Gasteiger partial charge in [-0.2, -0.15) is 13.2 Å². The minimum absolute atomic E-state index is 0.0322. The van der Waals surface area contributed by atoms with Crippen molar-refractivity contribution in [2.75, 3.05) is 0 Å². The average Bonchev–Trinajstić information content (AvgIpc) is 2.41. The van der Waals surface area contributed by atoms with Crippen LogP contribution in [0.4, 0.5) is 13.2 Å². The summed E-state index contributed by atoms with van der Waals surface area (Å²) in [6.07, 6.45) is -3.13. The highest BCUT2D eigenvalue weighted by Crippen LogP contribution is 2.28. The molecule has 104 valence electrons. The fraction of sp³-hybridized carbons (Fsp3) is 0.143. The first kappa shape index (κ1) is 14.0. The van der Waals surface area contributed by atoms with E-state index in [0.29, 0.717) is 17.8 Å². The van der Waals surface area contributed by atoms with Gasteiger partial charge < -0.3 is 9.98 Å². The monoisotopic (exact) mass is 280 g/mol. The summed E-state index contributed by atoms with van der Waals surface area (Å²) >= 11 is 0. The van der Waals surface area contributed by atoms with Crippen LogP contribution in [0.2, 0.25) is 0 Å². The van der Waals surface area contributed by atoms with Crippen LogP contribution in [-0.2, 0) is 12.7 Å². The van der Waals surface area contributed by atoms with Crippen LogP contribution in [0.15, 0.2) is 47.4 Å². The van der Waals surface area contributed by atoms with Crippen molar-refractivity contribution in [3.05, 3.63) is 69.6 Å². The normalized spacial score (nSPS) is 11.3. The number of benzene rings is 1. The van der Waals surface area contributed by atoms with E-state index in [4.69, 9.17) is 5.41 Å². The van der Waals surface area contributed by atoms with Crippen molar-refractivity contribution >= 4 is 6.21 Å². The Hall–Kier alpha value is -2.37. The van der Waals surface area contributed by atoms with Gasteiger partial charge in [0.25, 0.3) is 5.56 Å². The largest absolute Gasteiger partial charge is 0.417 e. The number of hydrogen-bond donors (Lipinski definition) is 1. The van der Waals surface area contributed by atoms with E-state index in [1.54, 1.807) is 30.3 Å². The van der Waals surface area contributed by atoms with E-state index >= 15 is 0 Å². The second-order valence-electron chi connectivity index (χ2n) is 4.24. The molecule has 0 spiro atoms. The van der Waals surface area contributed by atoms with Gasteiger partial charge in [0, 0.05) is 12.4 Å². The van der Waals surface area contributed by atoms with E-state index in [0.717, 1.165) is 10.8 Å². The molecule has 6 heteroatoms. The van der Waals surface area contributed by atoms with Crippen LogP contribution < -0.4 is 5.56 Å². The van der Waals surface area contributed by atoms with Gasteiger partial charge >= 0.3 is 6.18 Å². The summed E-state index contributed by atoms with van der Waals surface area (Å²) in [6.45, 7) is 0.0322. The summed E-state index contributed by atoms with van der Waals surface area (Å²) < 4.78 is 39.3. The minimum atomic E-state index is -4.55. The Balaban J connectivity index is 2.52. The molecule has 0 radical (unpaired) electrons. The zero-order valence-electron chi connectivity index (χ0n) is 10.3. The van der Waals surface area contributed by atoms with E-state index in [1.807, 2.05) is 0 Å². The molecule has 0 fully saturated rings. The summed E-state index contributed by atoms with van der Waals surface area (Å²) in [6, 6.07) is 9.39. The molecule has 1 aromatic carbocycles. The smallest absolute Gasteiger partial charge is 0.310 e. The van der Waals surface area contributed by atoms with Crippen molar-refractivity contribution in [2.45, 2.75) is 12.7 Å². The number of hydrogen-bond acceptors (Lipinski definition) is 2. The maximum Gasteiger partial charge on any atom is 0.417 e. The van der Waals surface area contributed by atoms with Gasteiger partial charge in [-0.15, -0.1) is 0 Å². The topological polar surface area (TPSA) is 45.9 Å². The van der Waals surface area contributed by atoms with Crippen molar-refractivity contribution in [3.63, 3.8) is 0 Å². The standard InChI is InChI=1S/C14H11F3N2O/c15-14(16,17)12-6-11(7-18)13(20)19(9-12)8-10-4-2-1-3-5-10/h1-7,9,18H,8H2. The van der Waals surface area contributed by atoms with Gasteiger partial charge in [0.05, 0.1) is 17.7 Å². The third kappa shape index (κ3) is 2.96. The van der Waals surface area contributed by atoms with Crippen LogP contribution in [-0.4, -0.2) is 10.8 Å². The van der Waals surface area contributed by atoms with E-state index in [2.05, 4.69) is 0 Å². The molecule has 0 saturated heterocycles. The molecule has 3 nitrogen and oxygen atoms in total. The lowest BCUT2D eigenvalue weighted by Crippen LogP contribution is -2.26. The summed E-state index contributed by atoms with van der Waals surface area (Å²) in [5, 5.41) is 7.06. The average molecular weight is 280 g/mol. The molecule has 0 saturated carbocycles. The first-order chi connectivity index (χ1) is 9.41. The van der Waals surface area contributed by atoms with Crippen molar-refractivity contribution < 1.29 is 13.2 Å². The van der Waals surface area contributed by atoms with E-state index in [1.165, 1.54) is 0 Å². The van der Waals surface area contributed by atoms with Crippen LogP contribution in [0.1, 0.15) is 16.7 Å². The van der Waals surface area contributed by atoms with Crippen LogP contribution in [0, 0.1) is 5.41 Å². The Morgan fingerprint density at radius 3 is 2.40 bits per heavy atom. The third-order valence-corrected chi connectivity index (χ3v) is 2.79. The SMILES string of the molecule is N=Cc1cc(C(F)(F)F)cn(Cc2ccccc2)c1=O. The molecule has 0 bridgehead atoms. The maximum atomic E-state index is 12.8. The quantitative estimate of drug-likeness (QED) is 0.863. The van der Waals surface area contributed by atoms with E-state index < -0.39 is 17.3 Å². The molecule has 20 heavy (non-hydrogen) atoms. The zero-order chi connectivity index (χ0) is 14.8. The number of rotatable bonds is 3. The van der Waals surface area contributed by atoms with Crippen LogP contribution in [0.25, 0.3) is 0 Å². The molecule has 1 N–H and O–H groups in total. The van der Waals surface area contributed by atoms with Gasteiger partial charge in [-0.1, -0.05) is 30.3 Å². The predicted octanol–water partition coefficient (Wildman–Crippen LogP) is 2.91. The second-order valence-corrected chi connectivity index (χ2v) is 4.24. The zero-order valence-corrected chi connectivity index (χ0v) is 10.3. The molecule has 0 atom stereocenters. The molecule has 0 unspecified atom stereocenters. The second kappa shape index (κ2) is 5.32. The maximum absolute atomic E-state index is 12.8. The molecule has 0 aliphatic heterocycles. The molecule has 0 aliphatic rings. The van der Waals surface area contributed by atoms with Crippen molar-refractivity contribution in [1.82, 2.24) is 4.57 Å². The molecule has 0 aliphatic carbocycles. The fourth-order valence-corrected chi connectivity index (χ4v) is 1.81. The number of halogens is 3. The number of nitrogens with one attached hydrogen (secondary N) is 1. The van der Waals surface area contributed by atoms with Crippen LogP contribution >= 0.6 is 0 Å². The van der Waals surface area contributed by atoms with Gasteiger partial charge in [0.15, 0.2) is 0 Å². The van der Waals surface area contributed by atoms with Crippen LogP contribution in [0.3, 0.4) is 0 Å². The fourth-order valence-electron chi connectivity index (χ4n) is 1.81. The Morgan fingerprint density at radius 2 is 1.85 bits per heavy atom. The number of aromatic nitrogens is 1. The van der Waals surface area contributed by atoms with Crippen molar-refractivity contribution in [3.8, 4) is 0 Å². The first-order valence-electron chi connectivity index (χ1n) is 5.78. The van der Waals surface area contributed by atoms with Crippen LogP contribution in [0.5, 0.6) is 0 Å². The van der Waals surface area contributed by atoms with E-state index in [9.17, 15) is 18.0 Å². The van der Waals surface area contributed by atoms with Gasteiger partial charge in [-0.05, 0) is 11.6 Å². The van der Waals surface area contributed by atoms with Gasteiger partial charge in [-0.25, -0.2) is 0 Å². The highest BCUT2D eigenvalue weighted by molar-refractivity contribution is 5.76. The molecule has 2 aromatic rings. The molecule has 1 aromatic heterocycles. The minimum Gasteiger partial charge on any atom is -0.310 e. The molecule has 1 heterocycles. The Bertz CT molecular complexity index is 675. The molecular weight excluding hydrogens is 269 g/mol. The van der Waals surface area contributed by atoms with E-state index in [-0.39, 0.29) is 12.1 Å². The lowest BCUT2D eigenvalue weighted by atomic mass is 10.1. The van der Waals surface area contributed by atoms with Gasteiger partial charge in [-0.3, -0.25) is 4.79 Å². The Kier molecular flexibility index (Phi) is 3.74. The van der Waals surface area contributed by atoms with Gasteiger partial charge in [0.2, 0.25) is 0 Å². The Morgan fingerprint density at radius 1 is 1.20 bits per heavy atom. The summed E-state index contributed by atoms with van der Waals surface area (Å²) in [5.74, 6) is 0. The van der Waals surface area contributed by atoms with Gasteiger partial charge in [0.1, 0.15) is 0 Å². The first-order valence-corrected chi connectivity index (χ1v) is 5.78. The van der Waals surface area contributed by atoms with Crippen molar-refractivity contribution in [1.29, 1.82) is 5.41 Å². The summed E-state index contributed by atoms with van der Waals surface area (Å²) in [5.41, 5.74) is -1.12. The number of pyridine rings is 1. The predicted molar refractivity (Wildman–Crippen MR) is 69.1 cm³/mol. The molecular formula is C14H11F3N2O. The Labute approximate surface area is 112 Å². The molecule has 0 amide bonds.